The molecule has 0 radical (unpaired) electrons. The first-order valence-electron chi connectivity index (χ1n) is 15.4. The topological polar surface area (TPSA) is 59.5 Å². The Hall–Kier alpha value is -4.09. The third-order valence-corrected chi connectivity index (χ3v) is 9.81. The summed E-state index contributed by atoms with van der Waals surface area (Å²) < 4.78 is 6.71. The van der Waals surface area contributed by atoms with E-state index in [1.807, 2.05) is 105 Å². The number of Topliss-reactive ketones (excluding diaryl/α,β-unsaturated/α-hetero) is 1. The van der Waals surface area contributed by atoms with Gasteiger partial charge in [-0.2, -0.15) is 0 Å². The third-order valence-electron chi connectivity index (χ3n) is 9.81. The maximum atomic E-state index is 14.5. The molecule has 4 aromatic rings. The van der Waals surface area contributed by atoms with E-state index in [9.17, 15) is 9.59 Å². The first kappa shape index (κ1) is 29.0. The van der Waals surface area contributed by atoms with Crippen molar-refractivity contribution < 1.29 is 14.3 Å². The van der Waals surface area contributed by atoms with Crippen molar-refractivity contribution >= 4 is 22.7 Å². The van der Waals surface area contributed by atoms with E-state index in [1.54, 1.807) is 0 Å². The highest BCUT2D eigenvalue weighted by Crippen LogP contribution is 2.46. The molecule has 43 heavy (non-hydrogen) atoms. The number of nitrogens with zero attached hydrogens (tertiary/aromatic N) is 2. The molecule has 3 aliphatic heterocycles. The number of esters is 1. The van der Waals surface area contributed by atoms with Gasteiger partial charge in [-0.15, -0.1) is 6.58 Å². The summed E-state index contributed by atoms with van der Waals surface area (Å²) in [5, 5.41) is 1.00. The van der Waals surface area contributed by atoms with Crippen LogP contribution in [0.1, 0.15) is 66.6 Å². The number of carbonyl (C=O) groups is 2. The molecule has 3 saturated heterocycles. The number of ether oxygens (including phenoxy) is 1. The van der Waals surface area contributed by atoms with E-state index in [2.05, 4.69) is 28.6 Å². The molecule has 5 heteroatoms. The van der Waals surface area contributed by atoms with Crippen LogP contribution in [0.4, 0.5) is 0 Å². The largest absolute Gasteiger partial charge is 0.455 e. The Bertz CT molecular complexity index is 1590. The minimum absolute atomic E-state index is 0.0122. The number of para-hydroxylation sites is 1. The lowest BCUT2D eigenvalue weighted by molar-refractivity contribution is -0.169. The average molecular weight is 573 g/mol. The van der Waals surface area contributed by atoms with Gasteiger partial charge in [-0.25, -0.2) is 0 Å². The van der Waals surface area contributed by atoms with Crippen molar-refractivity contribution in [1.82, 2.24) is 9.88 Å². The van der Waals surface area contributed by atoms with E-state index in [0.29, 0.717) is 17.4 Å². The van der Waals surface area contributed by atoms with Crippen LogP contribution in [0.25, 0.3) is 10.9 Å². The van der Waals surface area contributed by atoms with Crippen LogP contribution in [0.5, 0.6) is 0 Å². The van der Waals surface area contributed by atoms with Crippen LogP contribution < -0.4 is 0 Å². The van der Waals surface area contributed by atoms with Crippen molar-refractivity contribution in [3.63, 3.8) is 0 Å². The second kappa shape index (κ2) is 12.3. The molecule has 220 valence electrons. The molecular formula is C38H40N2O3. The second-order valence-electron chi connectivity index (χ2n) is 12.7. The van der Waals surface area contributed by atoms with Gasteiger partial charge in [0.1, 0.15) is 6.10 Å². The van der Waals surface area contributed by atoms with Gasteiger partial charge in [-0.05, 0) is 62.8 Å². The van der Waals surface area contributed by atoms with Crippen LogP contribution >= 0.6 is 0 Å². The molecule has 6 atom stereocenters. The maximum Gasteiger partial charge on any atom is 0.312 e. The van der Waals surface area contributed by atoms with Crippen LogP contribution in [-0.4, -0.2) is 40.8 Å². The molecule has 5 nitrogen and oxygen atoms in total. The number of fused-ring (bicyclic) bond motifs is 4. The highest BCUT2D eigenvalue weighted by atomic mass is 16.5. The molecule has 2 bridgehead atoms. The van der Waals surface area contributed by atoms with Gasteiger partial charge in [0, 0.05) is 41.6 Å². The van der Waals surface area contributed by atoms with Crippen LogP contribution in [0.3, 0.4) is 0 Å². The van der Waals surface area contributed by atoms with Crippen LogP contribution in [0.2, 0.25) is 0 Å². The first-order valence-corrected chi connectivity index (χ1v) is 15.4. The lowest BCUT2D eigenvalue weighted by Crippen LogP contribution is -2.55. The van der Waals surface area contributed by atoms with E-state index in [4.69, 9.17) is 4.74 Å². The monoisotopic (exact) mass is 572 g/mol. The molecule has 3 aromatic carbocycles. The molecule has 3 fully saturated rings. The number of pyridine rings is 1. The molecule has 1 unspecified atom stereocenters. The van der Waals surface area contributed by atoms with E-state index in [0.717, 1.165) is 48.0 Å². The van der Waals surface area contributed by atoms with Crippen molar-refractivity contribution in [2.75, 3.05) is 13.1 Å². The van der Waals surface area contributed by atoms with Crippen molar-refractivity contribution in [3.8, 4) is 0 Å². The second-order valence-corrected chi connectivity index (χ2v) is 12.7. The van der Waals surface area contributed by atoms with E-state index in [1.165, 1.54) is 0 Å². The average Bonchev–Trinajstić information content (AvgIpc) is 3.06. The number of benzene rings is 3. The van der Waals surface area contributed by atoms with Gasteiger partial charge in [0.2, 0.25) is 0 Å². The predicted molar refractivity (Wildman–Crippen MR) is 171 cm³/mol. The molecular weight excluding hydrogens is 532 g/mol. The third kappa shape index (κ3) is 5.79. The lowest BCUT2D eigenvalue weighted by atomic mass is 9.71. The number of hydrogen-bond donors (Lipinski definition) is 0. The predicted octanol–water partition coefficient (Wildman–Crippen LogP) is 7.80. The van der Waals surface area contributed by atoms with Gasteiger partial charge >= 0.3 is 5.97 Å². The normalized spacial score (nSPS) is 22.9. The zero-order valence-corrected chi connectivity index (χ0v) is 25.1. The van der Waals surface area contributed by atoms with Crippen molar-refractivity contribution in [2.45, 2.75) is 51.2 Å². The Kier molecular flexibility index (Phi) is 8.27. The summed E-state index contributed by atoms with van der Waals surface area (Å²) in [6.07, 6.45) is 5.73. The Labute approximate surface area is 254 Å². The minimum Gasteiger partial charge on any atom is -0.455 e. The minimum atomic E-state index is -0.973. The molecule has 0 saturated carbocycles. The Morgan fingerprint density at radius 1 is 1.00 bits per heavy atom. The van der Waals surface area contributed by atoms with Crippen molar-refractivity contribution in [1.29, 1.82) is 0 Å². The van der Waals surface area contributed by atoms with E-state index in [-0.39, 0.29) is 30.1 Å². The molecule has 4 heterocycles. The zero-order valence-electron chi connectivity index (χ0n) is 25.1. The molecule has 0 N–H and O–H groups in total. The Morgan fingerprint density at radius 3 is 2.40 bits per heavy atom. The molecule has 0 aliphatic carbocycles. The summed E-state index contributed by atoms with van der Waals surface area (Å²) in [4.78, 5) is 35.1. The van der Waals surface area contributed by atoms with Gasteiger partial charge in [0.25, 0.3) is 0 Å². The number of ketones is 1. The maximum absolute atomic E-state index is 14.5. The van der Waals surface area contributed by atoms with Crippen molar-refractivity contribution in [3.05, 3.63) is 127 Å². The highest BCUT2D eigenvalue weighted by molar-refractivity contribution is 5.97. The number of piperidine rings is 3. The Balaban J connectivity index is 1.36. The standard InChI is InChI=1S/C38H40N2O3/c1-4-26-25-40-22-20-29(26)23-34(40)36(31-19-21-39-33-18-12-11-17-30(31)33)43-37(42)38(2,3)32(27-13-7-5-8-14-27)24-35(41)28-15-9-6-10-16-28/h4-19,21,26,29,32,34,36H,1,20,22-25H2,2-3H3/t26-,29-,32-,34+,36-/m0/s1. The summed E-state index contributed by atoms with van der Waals surface area (Å²) in [6.45, 7) is 9.86. The molecule has 1 aromatic heterocycles. The summed E-state index contributed by atoms with van der Waals surface area (Å²) >= 11 is 0. The zero-order chi connectivity index (χ0) is 30.0. The number of hydrogen-bond acceptors (Lipinski definition) is 5. The van der Waals surface area contributed by atoms with Crippen LogP contribution in [-0.2, 0) is 9.53 Å². The Morgan fingerprint density at radius 2 is 1.70 bits per heavy atom. The van der Waals surface area contributed by atoms with Gasteiger partial charge < -0.3 is 4.74 Å². The fourth-order valence-corrected chi connectivity index (χ4v) is 7.22. The van der Waals surface area contributed by atoms with Gasteiger partial charge in [-0.1, -0.05) is 84.9 Å². The van der Waals surface area contributed by atoms with Crippen LogP contribution in [0, 0.1) is 17.3 Å². The summed E-state index contributed by atoms with van der Waals surface area (Å²) in [5.41, 5.74) is 2.50. The number of rotatable bonds is 10. The van der Waals surface area contributed by atoms with E-state index < -0.39 is 11.5 Å². The fourth-order valence-electron chi connectivity index (χ4n) is 7.22. The molecule has 0 spiro atoms. The highest BCUT2D eigenvalue weighted by Gasteiger charge is 2.47. The van der Waals surface area contributed by atoms with Crippen molar-refractivity contribution in [2.24, 2.45) is 17.3 Å². The molecule has 7 rings (SSSR count). The summed E-state index contributed by atoms with van der Waals surface area (Å²) in [7, 11) is 0. The number of carbonyl (C=O) groups excluding carboxylic acids is 2. The molecule has 0 amide bonds. The quantitative estimate of drug-likeness (QED) is 0.110. The van der Waals surface area contributed by atoms with E-state index >= 15 is 0 Å². The molecule has 3 aliphatic rings. The number of aromatic nitrogens is 1. The fraction of sp³-hybridized carbons (Fsp3) is 0.342. The van der Waals surface area contributed by atoms with Gasteiger partial charge in [0.15, 0.2) is 5.78 Å². The summed E-state index contributed by atoms with van der Waals surface area (Å²) in [6, 6.07) is 29.4. The smallest absolute Gasteiger partial charge is 0.312 e. The lowest BCUT2D eigenvalue weighted by Gasteiger charge is -2.51. The SMILES string of the molecule is C=C[C@H]1CN2CC[C@H]1C[C@@H]2[C@@H](OC(=O)C(C)(C)[C@@H](CC(=O)c1ccccc1)c1ccccc1)c1ccnc2ccccc12. The van der Waals surface area contributed by atoms with Gasteiger partial charge in [-0.3, -0.25) is 19.5 Å². The first-order chi connectivity index (χ1) is 20.9. The summed E-state index contributed by atoms with van der Waals surface area (Å²) in [5.74, 6) is 0.333. The van der Waals surface area contributed by atoms with Crippen LogP contribution in [0.15, 0.2) is 110 Å². The van der Waals surface area contributed by atoms with Gasteiger partial charge in [0.05, 0.1) is 17.0 Å².